The minimum Gasteiger partial charge on any atom is -0.444 e. The van der Waals surface area contributed by atoms with E-state index in [1.165, 1.54) is 0 Å². The lowest BCUT2D eigenvalue weighted by molar-refractivity contribution is -0.00818. The van der Waals surface area contributed by atoms with Gasteiger partial charge in [0, 0.05) is 0 Å². The first-order valence-electron chi connectivity index (χ1n) is 5.81. The Hall–Kier alpha value is -0.850. The molecule has 17 heavy (non-hydrogen) atoms. The Balaban J connectivity index is 2.43. The Morgan fingerprint density at radius 3 is 2.82 bits per heavy atom. The molecule has 100 valence electrons. The number of nitrogens with one attached hydrogen (secondary N) is 1. The molecule has 1 fully saturated rings. The summed E-state index contributed by atoms with van der Waals surface area (Å²) in [5.41, 5.74) is 4.39. The highest BCUT2D eigenvalue weighted by atomic mass is 16.6. The van der Waals surface area contributed by atoms with Crippen LogP contribution in [0.2, 0.25) is 0 Å². The van der Waals surface area contributed by atoms with E-state index in [9.17, 15) is 4.79 Å². The summed E-state index contributed by atoms with van der Waals surface area (Å²) in [5.74, 6) is 0.154. The SMILES string of the molecule is C[C@H](CC(C)(C)OC(N)=O)C1NC(CO)CO1. The van der Waals surface area contributed by atoms with Crippen molar-refractivity contribution in [3.05, 3.63) is 0 Å². The second-order valence-electron chi connectivity index (χ2n) is 5.16. The van der Waals surface area contributed by atoms with E-state index in [1.54, 1.807) is 0 Å². The minimum atomic E-state index is -0.768. The van der Waals surface area contributed by atoms with Gasteiger partial charge in [0.25, 0.3) is 0 Å². The number of nitrogens with two attached hydrogens (primary N) is 1. The molecule has 1 saturated heterocycles. The summed E-state index contributed by atoms with van der Waals surface area (Å²) in [6.07, 6.45) is -0.259. The summed E-state index contributed by atoms with van der Waals surface area (Å²) in [6.45, 7) is 6.19. The third-order valence-electron chi connectivity index (χ3n) is 2.80. The summed E-state index contributed by atoms with van der Waals surface area (Å²) in [6, 6.07) is -0.0115. The number of carbonyl (C=O) groups is 1. The van der Waals surface area contributed by atoms with E-state index >= 15 is 0 Å². The van der Waals surface area contributed by atoms with Crippen LogP contribution >= 0.6 is 0 Å². The van der Waals surface area contributed by atoms with E-state index in [-0.39, 0.29) is 24.8 Å². The van der Waals surface area contributed by atoms with Crippen molar-refractivity contribution in [2.45, 2.75) is 45.1 Å². The summed E-state index contributed by atoms with van der Waals surface area (Å²) in [7, 11) is 0. The number of hydrogen-bond donors (Lipinski definition) is 3. The van der Waals surface area contributed by atoms with E-state index < -0.39 is 11.7 Å². The summed E-state index contributed by atoms with van der Waals surface area (Å²) in [5, 5.41) is 12.2. The molecular formula is C11H22N2O4. The van der Waals surface area contributed by atoms with E-state index in [1.807, 2.05) is 20.8 Å². The van der Waals surface area contributed by atoms with Gasteiger partial charge in [0.05, 0.1) is 19.3 Å². The zero-order valence-corrected chi connectivity index (χ0v) is 10.6. The van der Waals surface area contributed by atoms with Crippen molar-refractivity contribution >= 4 is 6.09 Å². The van der Waals surface area contributed by atoms with Gasteiger partial charge >= 0.3 is 6.09 Å². The van der Waals surface area contributed by atoms with Gasteiger partial charge in [-0.2, -0.15) is 0 Å². The Bertz CT molecular complexity index is 270. The molecule has 0 spiro atoms. The Morgan fingerprint density at radius 1 is 1.71 bits per heavy atom. The van der Waals surface area contributed by atoms with Crippen molar-refractivity contribution in [1.82, 2.24) is 5.32 Å². The van der Waals surface area contributed by atoms with Crippen LogP contribution in [-0.2, 0) is 9.47 Å². The average Bonchev–Trinajstić information content (AvgIpc) is 2.62. The molecular weight excluding hydrogens is 224 g/mol. The Morgan fingerprint density at radius 2 is 2.35 bits per heavy atom. The predicted molar refractivity (Wildman–Crippen MR) is 62.3 cm³/mol. The van der Waals surface area contributed by atoms with Gasteiger partial charge in [0.15, 0.2) is 0 Å². The number of aliphatic hydroxyl groups is 1. The summed E-state index contributed by atoms with van der Waals surface area (Å²) < 4.78 is 10.6. The number of rotatable bonds is 5. The molecule has 3 atom stereocenters. The molecule has 1 aliphatic rings. The highest BCUT2D eigenvalue weighted by Gasteiger charge is 2.33. The number of hydrogen-bond acceptors (Lipinski definition) is 5. The lowest BCUT2D eigenvalue weighted by Crippen LogP contribution is -2.41. The topological polar surface area (TPSA) is 93.8 Å². The Kier molecular flexibility index (Phi) is 4.73. The maximum absolute atomic E-state index is 10.7. The normalized spacial score (nSPS) is 26.8. The van der Waals surface area contributed by atoms with Crippen LogP contribution in [0, 0.1) is 5.92 Å². The van der Waals surface area contributed by atoms with Crippen LogP contribution in [0.1, 0.15) is 27.2 Å². The first-order valence-corrected chi connectivity index (χ1v) is 5.81. The molecule has 0 aromatic carbocycles. The first kappa shape index (κ1) is 14.2. The highest BCUT2D eigenvalue weighted by molar-refractivity contribution is 5.65. The number of aliphatic hydroxyl groups excluding tert-OH is 1. The molecule has 0 aromatic rings. The molecule has 0 aliphatic carbocycles. The molecule has 1 aliphatic heterocycles. The van der Waals surface area contributed by atoms with Gasteiger partial charge in [-0.05, 0) is 26.2 Å². The molecule has 4 N–H and O–H groups in total. The van der Waals surface area contributed by atoms with Crippen LogP contribution in [0.3, 0.4) is 0 Å². The predicted octanol–water partition coefficient (Wildman–Crippen LogP) is 0.193. The van der Waals surface area contributed by atoms with E-state index in [4.69, 9.17) is 20.3 Å². The fraction of sp³-hybridized carbons (Fsp3) is 0.909. The molecule has 1 amide bonds. The number of primary amides is 1. The Labute approximate surface area is 101 Å². The number of ether oxygens (including phenoxy) is 2. The molecule has 1 heterocycles. The highest BCUT2D eigenvalue weighted by Crippen LogP contribution is 2.25. The van der Waals surface area contributed by atoms with Crippen molar-refractivity contribution in [3.8, 4) is 0 Å². The van der Waals surface area contributed by atoms with E-state index in [0.29, 0.717) is 13.0 Å². The zero-order valence-electron chi connectivity index (χ0n) is 10.6. The maximum Gasteiger partial charge on any atom is 0.405 e. The number of amides is 1. The second kappa shape index (κ2) is 5.66. The van der Waals surface area contributed by atoms with Crippen LogP contribution in [0.4, 0.5) is 4.79 Å². The van der Waals surface area contributed by atoms with Gasteiger partial charge in [-0.15, -0.1) is 0 Å². The van der Waals surface area contributed by atoms with E-state index in [2.05, 4.69) is 5.32 Å². The molecule has 1 rings (SSSR count). The fourth-order valence-corrected chi connectivity index (χ4v) is 2.18. The van der Waals surface area contributed by atoms with Gasteiger partial charge < -0.3 is 20.3 Å². The number of carbonyl (C=O) groups excluding carboxylic acids is 1. The van der Waals surface area contributed by atoms with Crippen LogP contribution in [0.25, 0.3) is 0 Å². The van der Waals surface area contributed by atoms with Gasteiger partial charge in [-0.1, -0.05) is 6.92 Å². The zero-order chi connectivity index (χ0) is 13.1. The fourth-order valence-electron chi connectivity index (χ4n) is 2.18. The van der Waals surface area contributed by atoms with Crippen molar-refractivity contribution in [2.24, 2.45) is 11.7 Å². The van der Waals surface area contributed by atoms with Crippen molar-refractivity contribution in [3.63, 3.8) is 0 Å². The lowest BCUT2D eigenvalue weighted by atomic mass is 9.93. The van der Waals surface area contributed by atoms with Gasteiger partial charge in [0.1, 0.15) is 11.8 Å². The third kappa shape index (κ3) is 4.49. The van der Waals surface area contributed by atoms with E-state index in [0.717, 1.165) is 0 Å². The van der Waals surface area contributed by atoms with Gasteiger partial charge in [-0.3, -0.25) is 5.32 Å². The lowest BCUT2D eigenvalue weighted by Gasteiger charge is -2.29. The standard InChI is InChI=1S/C11H22N2O4/c1-7(4-11(2,3)17-10(12)15)9-13-8(5-14)6-16-9/h7-9,13-14H,4-6H2,1-3H3,(H2,12,15)/t7-,8?,9?/m1/s1. The third-order valence-corrected chi connectivity index (χ3v) is 2.80. The molecule has 0 aromatic heterocycles. The van der Waals surface area contributed by atoms with Crippen LogP contribution in [0.15, 0.2) is 0 Å². The van der Waals surface area contributed by atoms with Crippen molar-refractivity contribution in [2.75, 3.05) is 13.2 Å². The van der Waals surface area contributed by atoms with Gasteiger partial charge in [-0.25, -0.2) is 4.79 Å². The second-order valence-corrected chi connectivity index (χ2v) is 5.16. The van der Waals surface area contributed by atoms with Crippen LogP contribution in [0.5, 0.6) is 0 Å². The molecule has 2 unspecified atom stereocenters. The first-order chi connectivity index (χ1) is 7.84. The molecule has 0 bridgehead atoms. The van der Waals surface area contributed by atoms with Crippen LogP contribution in [-0.4, -0.2) is 42.3 Å². The monoisotopic (exact) mass is 246 g/mol. The summed E-state index contributed by atoms with van der Waals surface area (Å²) in [4.78, 5) is 10.7. The average molecular weight is 246 g/mol. The largest absolute Gasteiger partial charge is 0.444 e. The smallest absolute Gasteiger partial charge is 0.405 e. The van der Waals surface area contributed by atoms with Crippen LogP contribution < -0.4 is 11.1 Å². The minimum absolute atomic E-state index is 0.0115. The molecule has 6 nitrogen and oxygen atoms in total. The molecule has 0 saturated carbocycles. The quantitative estimate of drug-likeness (QED) is 0.644. The molecule has 0 radical (unpaired) electrons. The maximum atomic E-state index is 10.7. The molecule has 6 heteroatoms. The van der Waals surface area contributed by atoms with Gasteiger partial charge in [0.2, 0.25) is 0 Å². The van der Waals surface area contributed by atoms with Crippen molar-refractivity contribution in [1.29, 1.82) is 0 Å². The van der Waals surface area contributed by atoms with Crippen molar-refractivity contribution < 1.29 is 19.4 Å². The summed E-state index contributed by atoms with van der Waals surface area (Å²) >= 11 is 0.